The molecule has 5 heteroatoms. The molecule has 0 aromatic carbocycles. The Morgan fingerprint density at radius 2 is 2.10 bits per heavy atom. The minimum atomic E-state index is -0.0565. The molecule has 1 aromatic rings. The lowest BCUT2D eigenvalue weighted by Gasteiger charge is -2.40. The number of nitrogens with zero attached hydrogens (tertiary/aromatic N) is 2. The SMILES string of the molecule is CC1CN(C(C)C(=O)N2CCc3sccc3C2)CC(C)O1. The van der Waals surface area contributed by atoms with E-state index in [1.165, 1.54) is 10.4 Å². The molecular formula is C16H24N2O2S. The molecule has 0 aliphatic carbocycles. The molecule has 2 aliphatic rings. The average molecular weight is 308 g/mol. The summed E-state index contributed by atoms with van der Waals surface area (Å²) < 4.78 is 5.76. The van der Waals surface area contributed by atoms with Gasteiger partial charge in [-0.1, -0.05) is 0 Å². The van der Waals surface area contributed by atoms with Gasteiger partial charge >= 0.3 is 0 Å². The van der Waals surface area contributed by atoms with E-state index in [1.807, 2.05) is 23.2 Å². The van der Waals surface area contributed by atoms with Crippen molar-refractivity contribution in [3.63, 3.8) is 0 Å². The molecule has 1 saturated heterocycles. The van der Waals surface area contributed by atoms with E-state index in [0.29, 0.717) is 0 Å². The molecule has 0 spiro atoms. The number of carbonyl (C=O) groups is 1. The van der Waals surface area contributed by atoms with Gasteiger partial charge in [0.1, 0.15) is 0 Å². The Morgan fingerprint density at radius 1 is 1.38 bits per heavy atom. The highest BCUT2D eigenvalue weighted by Crippen LogP contribution is 2.25. The minimum absolute atomic E-state index is 0.0565. The molecule has 3 heterocycles. The fourth-order valence-electron chi connectivity index (χ4n) is 3.39. The first-order chi connectivity index (χ1) is 10.0. The Balaban J connectivity index is 1.65. The summed E-state index contributed by atoms with van der Waals surface area (Å²) in [5, 5.41) is 2.13. The van der Waals surface area contributed by atoms with Crippen LogP contribution in [0.5, 0.6) is 0 Å². The first kappa shape index (κ1) is 15.0. The zero-order chi connectivity index (χ0) is 15.0. The van der Waals surface area contributed by atoms with Gasteiger partial charge in [0.2, 0.25) is 5.91 Å². The van der Waals surface area contributed by atoms with Crippen LogP contribution in [0.1, 0.15) is 31.2 Å². The fourth-order valence-corrected chi connectivity index (χ4v) is 4.28. The monoisotopic (exact) mass is 308 g/mol. The molecule has 3 rings (SSSR count). The van der Waals surface area contributed by atoms with Crippen LogP contribution in [0.15, 0.2) is 11.4 Å². The number of thiophene rings is 1. The molecule has 1 fully saturated rings. The van der Waals surface area contributed by atoms with Crippen LogP contribution in [0, 0.1) is 0 Å². The lowest BCUT2D eigenvalue weighted by atomic mass is 10.1. The van der Waals surface area contributed by atoms with Crippen LogP contribution in [-0.4, -0.2) is 53.6 Å². The molecule has 21 heavy (non-hydrogen) atoms. The summed E-state index contributed by atoms with van der Waals surface area (Å²) in [5.41, 5.74) is 1.33. The fraction of sp³-hybridized carbons (Fsp3) is 0.688. The van der Waals surface area contributed by atoms with Gasteiger partial charge in [-0.3, -0.25) is 9.69 Å². The van der Waals surface area contributed by atoms with E-state index < -0.39 is 0 Å². The summed E-state index contributed by atoms with van der Waals surface area (Å²) in [7, 11) is 0. The van der Waals surface area contributed by atoms with Gasteiger partial charge in [0.05, 0.1) is 18.2 Å². The number of ether oxygens (including phenoxy) is 1. The highest BCUT2D eigenvalue weighted by atomic mass is 32.1. The lowest BCUT2D eigenvalue weighted by Crippen LogP contribution is -2.55. The molecular weight excluding hydrogens is 284 g/mol. The average Bonchev–Trinajstić information content (AvgIpc) is 2.92. The van der Waals surface area contributed by atoms with Crippen molar-refractivity contribution in [2.24, 2.45) is 0 Å². The maximum absolute atomic E-state index is 12.8. The van der Waals surface area contributed by atoms with Gasteiger partial charge in [-0.2, -0.15) is 0 Å². The zero-order valence-electron chi connectivity index (χ0n) is 13.0. The molecule has 2 aliphatic heterocycles. The summed E-state index contributed by atoms with van der Waals surface area (Å²) in [5.74, 6) is 0.258. The van der Waals surface area contributed by atoms with Gasteiger partial charge in [-0.05, 0) is 44.2 Å². The molecule has 0 saturated carbocycles. The maximum atomic E-state index is 12.8. The van der Waals surface area contributed by atoms with Gasteiger partial charge in [-0.15, -0.1) is 11.3 Å². The maximum Gasteiger partial charge on any atom is 0.239 e. The van der Waals surface area contributed by atoms with E-state index in [-0.39, 0.29) is 24.2 Å². The Bertz CT molecular complexity index is 506. The molecule has 116 valence electrons. The van der Waals surface area contributed by atoms with E-state index in [1.54, 1.807) is 0 Å². The number of fused-ring (bicyclic) bond motifs is 1. The number of hydrogen-bond donors (Lipinski definition) is 0. The van der Waals surface area contributed by atoms with Crippen LogP contribution in [0.25, 0.3) is 0 Å². The minimum Gasteiger partial charge on any atom is -0.373 e. The number of rotatable bonds is 2. The van der Waals surface area contributed by atoms with E-state index in [2.05, 4.69) is 30.2 Å². The smallest absolute Gasteiger partial charge is 0.239 e. The van der Waals surface area contributed by atoms with Crippen LogP contribution in [-0.2, 0) is 22.5 Å². The second kappa shape index (κ2) is 6.07. The van der Waals surface area contributed by atoms with Crippen molar-refractivity contribution >= 4 is 17.2 Å². The third-order valence-corrected chi connectivity index (χ3v) is 5.50. The molecule has 0 radical (unpaired) electrons. The first-order valence-corrected chi connectivity index (χ1v) is 8.66. The molecule has 4 nitrogen and oxygen atoms in total. The van der Waals surface area contributed by atoms with E-state index >= 15 is 0 Å². The van der Waals surface area contributed by atoms with Gasteiger partial charge in [-0.25, -0.2) is 0 Å². The van der Waals surface area contributed by atoms with Crippen LogP contribution < -0.4 is 0 Å². The first-order valence-electron chi connectivity index (χ1n) is 7.78. The molecule has 3 unspecified atom stereocenters. The molecule has 0 bridgehead atoms. The molecule has 1 aromatic heterocycles. The molecule has 3 atom stereocenters. The van der Waals surface area contributed by atoms with Crippen molar-refractivity contribution in [1.82, 2.24) is 9.80 Å². The Kier molecular flexibility index (Phi) is 4.33. The van der Waals surface area contributed by atoms with Crippen molar-refractivity contribution < 1.29 is 9.53 Å². The number of amides is 1. The number of morpholine rings is 1. The summed E-state index contributed by atoms with van der Waals surface area (Å²) in [4.78, 5) is 18.5. The summed E-state index contributed by atoms with van der Waals surface area (Å²) in [6, 6.07) is 2.10. The molecule has 0 N–H and O–H groups in total. The van der Waals surface area contributed by atoms with Gasteiger partial charge in [0.25, 0.3) is 0 Å². The largest absolute Gasteiger partial charge is 0.373 e. The predicted octanol–water partition coefficient (Wildman–Crippen LogP) is 2.13. The highest BCUT2D eigenvalue weighted by molar-refractivity contribution is 7.10. The quantitative estimate of drug-likeness (QED) is 0.839. The number of carbonyl (C=O) groups excluding carboxylic acids is 1. The Morgan fingerprint density at radius 3 is 2.81 bits per heavy atom. The summed E-state index contributed by atoms with van der Waals surface area (Å²) in [6.45, 7) is 9.51. The highest BCUT2D eigenvalue weighted by Gasteiger charge is 2.32. The standard InChI is InChI=1S/C16H24N2O2S/c1-11-8-18(9-12(2)20-11)13(3)16(19)17-6-4-15-14(10-17)5-7-21-15/h5,7,11-13H,4,6,8-10H2,1-3H3. The predicted molar refractivity (Wildman–Crippen MR) is 84.5 cm³/mol. The number of hydrogen-bond acceptors (Lipinski definition) is 4. The Labute approximate surface area is 130 Å². The second-order valence-electron chi connectivity index (χ2n) is 6.27. The van der Waals surface area contributed by atoms with Crippen molar-refractivity contribution in [2.45, 2.75) is 52.0 Å². The van der Waals surface area contributed by atoms with Crippen LogP contribution in [0.4, 0.5) is 0 Å². The van der Waals surface area contributed by atoms with Gasteiger partial charge in [0, 0.05) is 31.1 Å². The van der Waals surface area contributed by atoms with Crippen molar-refractivity contribution in [1.29, 1.82) is 0 Å². The van der Waals surface area contributed by atoms with Crippen molar-refractivity contribution in [3.05, 3.63) is 21.9 Å². The van der Waals surface area contributed by atoms with Crippen LogP contribution >= 0.6 is 11.3 Å². The summed E-state index contributed by atoms with van der Waals surface area (Å²) in [6.07, 6.45) is 1.41. The zero-order valence-corrected chi connectivity index (χ0v) is 13.9. The van der Waals surface area contributed by atoms with E-state index in [9.17, 15) is 4.79 Å². The van der Waals surface area contributed by atoms with Crippen LogP contribution in [0.3, 0.4) is 0 Å². The Hall–Kier alpha value is -0.910. The second-order valence-corrected chi connectivity index (χ2v) is 7.27. The van der Waals surface area contributed by atoms with Gasteiger partial charge < -0.3 is 9.64 Å². The lowest BCUT2D eigenvalue weighted by molar-refractivity contribution is -0.142. The van der Waals surface area contributed by atoms with Gasteiger partial charge in [0.15, 0.2) is 0 Å². The third-order valence-electron chi connectivity index (χ3n) is 4.47. The van der Waals surface area contributed by atoms with Crippen molar-refractivity contribution in [3.8, 4) is 0 Å². The van der Waals surface area contributed by atoms with E-state index in [4.69, 9.17) is 4.74 Å². The van der Waals surface area contributed by atoms with E-state index in [0.717, 1.165) is 32.6 Å². The summed E-state index contributed by atoms with van der Waals surface area (Å²) >= 11 is 1.81. The third kappa shape index (κ3) is 3.15. The molecule has 1 amide bonds. The topological polar surface area (TPSA) is 32.8 Å². The van der Waals surface area contributed by atoms with Crippen LogP contribution in [0.2, 0.25) is 0 Å². The van der Waals surface area contributed by atoms with Crippen molar-refractivity contribution in [2.75, 3.05) is 19.6 Å². The normalized spacial score (nSPS) is 28.2.